The highest BCUT2D eigenvalue weighted by atomic mass is 16.5. The molecule has 0 amide bonds. The van der Waals surface area contributed by atoms with Gasteiger partial charge in [-0.15, -0.1) is 0 Å². The summed E-state index contributed by atoms with van der Waals surface area (Å²) in [5.74, 6) is 0. The second-order valence-electron chi connectivity index (χ2n) is 3.62. The van der Waals surface area contributed by atoms with Gasteiger partial charge in [0, 0.05) is 19.7 Å². The number of ether oxygens (including phenoxy) is 1. The van der Waals surface area contributed by atoms with E-state index in [0.29, 0.717) is 0 Å². The zero-order chi connectivity index (χ0) is 11.0. The summed E-state index contributed by atoms with van der Waals surface area (Å²) in [6.45, 7) is 11.4. The van der Waals surface area contributed by atoms with Crippen molar-refractivity contribution < 1.29 is 4.74 Å². The van der Waals surface area contributed by atoms with Gasteiger partial charge < -0.3 is 9.64 Å². The minimum absolute atomic E-state index is 0.286. The third-order valence-electron chi connectivity index (χ3n) is 2.69. The van der Waals surface area contributed by atoms with Gasteiger partial charge in [-0.1, -0.05) is 27.7 Å². The number of nitrogens with zero attached hydrogens (tertiary/aromatic N) is 1. The summed E-state index contributed by atoms with van der Waals surface area (Å²) in [7, 11) is 2.18. The van der Waals surface area contributed by atoms with Crippen molar-refractivity contribution in [2.75, 3.05) is 26.7 Å². The van der Waals surface area contributed by atoms with Gasteiger partial charge in [-0.3, -0.25) is 0 Å². The average Bonchev–Trinajstić information content (AvgIpc) is 2.84. The van der Waals surface area contributed by atoms with Crippen molar-refractivity contribution >= 4 is 0 Å². The lowest BCUT2D eigenvalue weighted by Gasteiger charge is -2.21. The van der Waals surface area contributed by atoms with Crippen molar-refractivity contribution in [3.8, 4) is 0 Å². The van der Waals surface area contributed by atoms with E-state index in [4.69, 9.17) is 4.74 Å². The van der Waals surface area contributed by atoms with Crippen LogP contribution in [0.1, 0.15) is 47.0 Å². The highest BCUT2D eigenvalue weighted by Gasteiger charge is 2.40. The van der Waals surface area contributed by atoms with E-state index in [2.05, 4.69) is 11.9 Å². The van der Waals surface area contributed by atoms with Crippen molar-refractivity contribution in [2.24, 2.45) is 0 Å². The molecule has 2 heteroatoms. The zero-order valence-corrected chi connectivity index (χ0v) is 10.6. The topological polar surface area (TPSA) is 12.5 Å². The molecular weight excluding hydrogens is 174 g/mol. The molecule has 0 saturated carbocycles. The Morgan fingerprint density at radius 3 is 2.07 bits per heavy atom. The first-order valence-corrected chi connectivity index (χ1v) is 6.13. The number of hydrogen-bond donors (Lipinski definition) is 0. The fourth-order valence-corrected chi connectivity index (χ4v) is 2.12. The third kappa shape index (κ3) is 3.58. The van der Waals surface area contributed by atoms with Crippen LogP contribution < -0.4 is 0 Å². The van der Waals surface area contributed by atoms with Crippen LogP contribution in [0.5, 0.6) is 0 Å². The normalized spacial score (nSPS) is 30.6. The Morgan fingerprint density at radius 1 is 1.07 bits per heavy atom. The minimum atomic E-state index is 0.286. The molecule has 0 aromatic heterocycles. The lowest BCUT2D eigenvalue weighted by Crippen LogP contribution is -2.30. The quantitative estimate of drug-likeness (QED) is 0.597. The number of likely N-dealkylation sites (N-methyl/N-ethyl adjacent to an activating group) is 1. The van der Waals surface area contributed by atoms with E-state index in [-0.39, 0.29) is 5.60 Å². The molecule has 86 valence electrons. The first-order valence-electron chi connectivity index (χ1n) is 6.13. The summed E-state index contributed by atoms with van der Waals surface area (Å²) < 4.78 is 5.73. The second kappa shape index (κ2) is 7.24. The van der Waals surface area contributed by atoms with Crippen LogP contribution in [0.3, 0.4) is 0 Å². The van der Waals surface area contributed by atoms with Crippen molar-refractivity contribution in [2.45, 2.75) is 52.6 Å². The van der Waals surface area contributed by atoms with Crippen molar-refractivity contribution in [3.63, 3.8) is 0 Å². The molecule has 0 aromatic carbocycles. The van der Waals surface area contributed by atoms with Crippen molar-refractivity contribution in [1.29, 1.82) is 0 Å². The van der Waals surface area contributed by atoms with Crippen LogP contribution >= 0.6 is 0 Å². The molecule has 2 fully saturated rings. The Hall–Kier alpha value is -0.0800. The van der Waals surface area contributed by atoms with E-state index >= 15 is 0 Å². The van der Waals surface area contributed by atoms with Crippen LogP contribution in [0.4, 0.5) is 0 Å². The Balaban J connectivity index is 0.000000379. The predicted octanol–water partition coefficient (Wildman–Crippen LogP) is 2.92. The SMILES string of the molecule is CC.CC.CN1CCC2(CCCO2)C1. The second-order valence-corrected chi connectivity index (χ2v) is 3.62. The summed E-state index contributed by atoms with van der Waals surface area (Å²) >= 11 is 0. The van der Waals surface area contributed by atoms with Crippen molar-refractivity contribution in [3.05, 3.63) is 0 Å². The number of rotatable bonds is 0. The zero-order valence-electron chi connectivity index (χ0n) is 10.6. The predicted molar refractivity (Wildman–Crippen MR) is 62.7 cm³/mol. The van der Waals surface area contributed by atoms with Gasteiger partial charge in [-0.25, -0.2) is 0 Å². The maximum Gasteiger partial charge on any atom is 0.0821 e. The molecule has 2 aliphatic heterocycles. The molecule has 2 saturated heterocycles. The fourth-order valence-electron chi connectivity index (χ4n) is 2.12. The summed E-state index contributed by atoms with van der Waals surface area (Å²) in [4.78, 5) is 2.37. The minimum Gasteiger partial charge on any atom is -0.374 e. The highest BCUT2D eigenvalue weighted by Crippen LogP contribution is 2.33. The van der Waals surface area contributed by atoms with Gasteiger partial charge in [-0.2, -0.15) is 0 Å². The van der Waals surface area contributed by atoms with Crippen LogP contribution in [-0.2, 0) is 4.74 Å². The molecule has 2 heterocycles. The average molecular weight is 201 g/mol. The largest absolute Gasteiger partial charge is 0.374 e. The van der Waals surface area contributed by atoms with Gasteiger partial charge in [0.15, 0.2) is 0 Å². The molecular formula is C12H27NO. The maximum absolute atomic E-state index is 5.73. The van der Waals surface area contributed by atoms with E-state index in [1.54, 1.807) is 0 Å². The summed E-state index contributed by atoms with van der Waals surface area (Å²) in [6, 6.07) is 0. The molecule has 0 bridgehead atoms. The highest BCUT2D eigenvalue weighted by molar-refractivity contribution is 4.93. The monoisotopic (exact) mass is 201 g/mol. The first-order chi connectivity index (χ1) is 6.81. The van der Waals surface area contributed by atoms with E-state index in [0.717, 1.165) is 13.2 Å². The molecule has 1 atom stereocenters. The molecule has 2 nitrogen and oxygen atoms in total. The van der Waals surface area contributed by atoms with E-state index in [9.17, 15) is 0 Å². The molecule has 0 N–H and O–H groups in total. The lowest BCUT2D eigenvalue weighted by atomic mass is 10.00. The molecule has 0 aromatic rings. The van der Waals surface area contributed by atoms with Crippen LogP contribution in [-0.4, -0.2) is 37.2 Å². The Kier molecular flexibility index (Phi) is 7.20. The summed E-state index contributed by atoms with van der Waals surface area (Å²) in [5.41, 5.74) is 0.286. The molecule has 2 rings (SSSR count). The summed E-state index contributed by atoms with van der Waals surface area (Å²) in [5, 5.41) is 0. The van der Waals surface area contributed by atoms with E-state index < -0.39 is 0 Å². The van der Waals surface area contributed by atoms with Gasteiger partial charge in [0.05, 0.1) is 5.60 Å². The van der Waals surface area contributed by atoms with Crippen molar-refractivity contribution in [1.82, 2.24) is 4.90 Å². The maximum atomic E-state index is 5.73. The van der Waals surface area contributed by atoms with Crippen LogP contribution in [0.25, 0.3) is 0 Å². The number of likely N-dealkylation sites (tertiary alicyclic amines) is 1. The molecule has 1 unspecified atom stereocenters. The van der Waals surface area contributed by atoms with Crippen LogP contribution in [0, 0.1) is 0 Å². The smallest absolute Gasteiger partial charge is 0.0821 e. The Morgan fingerprint density at radius 2 is 1.71 bits per heavy atom. The molecule has 0 aliphatic carbocycles. The van der Waals surface area contributed by atoms with E-state index in [1.807, 2.05) is 27.7 Å². The molecule has 0 radical (unpaired) electrons. The van der Waals surface area contributed by atoms with Gasteiger partial charge in [0.2, 0.25) is 0 Å². The Bertz CT molecular complexity index is 130. The van der Waals surface area contributed by atoms with Gasteiger partial charge >= 0.3 is 0 Å². The van der Waals surface area contributed by atoms with Gasteiger partial charge in [0.25, 0.3) is 0 Å². The lowest BCUT2D eigenvalue weighted by molar-refractivity contribution is 0.0146. The molecule has 1 spiro atoms. The van der Waals surface area contributed by atoms with Gasteiger partial charge in [0.1, 0.15) is 0 Å². The van der Waals surface area contributed by atoms with Crippen LogP contribution in [0.15, 0.2) is 0 Å². The molecule has 2 aliphatic rings. The standard InChI is InChI=1S/C8H15NO.2C2H6/c1-9-5-4-8(7-9)3-2-6-10-8;2*1-2/h2-7H2,1H3;2*1-2H3. The Labute approximate surface area is 89.6 Å². The van der Waals surface area contributed by atoms with Gasteiger partial charge in [-0.05, 0) is 26.3 Å². The fraction of sp³-hybridized carbons (Fsp3) is 1.00. The van der Waals surface area contributed by atoms with Crippen LogP contribution in [0.2, 0.25) is 0 Å². The third-order valence-corrected chi connectivity index (χ3v) is 2.69. The first kappa shape index (κ1) is 13.9. The number of hydrogen-bond acceptors (Lipinski definition) is 2. The summed E-state index contributed by atoms with van der Waals surface area (Å²) in [6.07, 6.45) is 3.81. The van der Waals surface area contributed by atoms with E-state index in [1.165, 1.54) is 25.8 Å². The molecule has 14 heavy (non-hydrogen) atoms.